The monoisotopic (exact) mass is 242 g/mol. The summed E-state index contributed by atoms with van der Waals surface area (Å²) in [6.45, 7) is 4.58. The molecule has 1 aliphatic heterocycles. The Morgan fingerprint density at radius 2 is 2.22 bits per heavy atom. The van der Waals surface area contributed by atoms with Crippen molar-refractivity contribution in [3.8, 4) is 0 Å². The average Bonchev–Trinajstić information content (AvgIpc) is 2.65. The highest BCUT2D eigenvalue weighted by Gasteiger charge is 2.32. The van der Waals surface area contributed by atoms with E-state index in [0.717, 1.165) is 22.0 Å². The molecule has 1 aromatic heterocycles. The van der Waals surface area contributed by atoms with Crippen LogP contribution < -0.4 is 5.73 Å². The fraction of sp³-hybridized carbons (Fsp3) is 0.286. The number of rotatable bonds is 1. The predicted molar refractivity (Wildman–Crippen MR) is 68.1 cm³/mol. The van der Waals surface area contributed by atoms with E-state index in [1.54, 1.807) is 12.1 Å². The second-order valence-electron chi connectivity index (χ2n) is 5.05. The van der Waals surface area contributed by atoms with E-state index in [-0.39, 0.29) is 5.60 Å². The van der Waals surface area contributed by atoms with Gasteiger partial charge in [0.05, 0.1) is 17.7 Å². The summed E-state index contributed by atoms with van der Waals surface area (Å²) in [5, 5.41) is 0.953. The highest BCUT2D eigenvalue weighted by atomic mass is 16.5. The summed E-state index contributed by atoms with van der Waals surface area (Å²) in [6.07, 6.45) is 1.86. The van der Waals surface area contributed by atoms with E-state index in [0.29, 0.717) is 12.2 Å². The van der Waals surface area contributed by atoms with Gasteiger partial charge in [-0.05, 0) is 37.6 Å². The Balaban J connectivity index is 2.31. The Bertz CT molecular complexity index is 662. The fourth-order valence-electron chi connectivity index (χ4n) is 2.41. The molecule has 0 bridgehead atoms. The fourth-order valence-corrected chi connectivity index (χ4v) is 2.41. The van der Waals surface area contributed by atoms with Crippen molar-refractivity contribution in [2.75, 3.05) is 0 Å². The normalized spacial score (nSPS) is 16.8. The molecule has 0 saturated heterocycles. The van der Waals surface area contributed by atoms with Gasteiger partial charge in [0.15, 0.2) is 0 Å². The first-order chi connectivity index (χ1) is 8.49. The van der Waals surface area contributed by atoms with Gasteiger partial charge in [-0.15, -0.1) is 0 Å². The van der Waals surface area contributed by atoms with E-state index in [2.05, 4.69) is 4.98 Å². The lowest BCUT2D eigenvalue weighted by molar-refractivity contribution is -0.00784. The topological polar surface area (TPSA) is 65.2 Å². The summed E-state index contributed by atoms with van der Waals surface area (Å²) >= 11 is 0. The first-order valence-electron chi connectivity index (χ1n) is 5.85. The van der Waals surface area contributed by atoms with Crippen LogP contribution in [0.1, 0.15) is 35.3 Å². The van der Waals surface area contributed by atoms with Gasteiger partial charge in [0, 0.05) is 22.7 Å². The summed E-state index contributed by atoms with van der Waals surface area (Å²) in [5.41, 5.74) is 8.54. The Morgan fingerprint density at radius 1 is 1.44 bits per heavy atom. The zero-order valence-electron chi connectivity index (χ0n) is 10.4. The lowest BCUT2D eigenvalue weighted by Gasteiger charge is -2.17. The van der Waals surface area contributed by atoms with Crippen LogP contribution in [0.15, 0.2) is 24.4 Å². The molecule has 1 aromatic carbocycles. The van der Waals surface area contributed by atoms with Crippen molar-refractivity contribution in [3.05, 3.63) is 41.1 Å². The maximum absolute atomic E-state index is 11.2. The second kappa shape index (κ2) is 3.53. The number of primary amides is 1. The number of nitrogens with two attached hydrogens (primary N) is 1. The van der Waals surface area contributed by atoms with Gasteiger partial charge < -0.3 is 10.5 Å². The highest BCUT2D eigenvalue weighted by Crippen LogP contribution is 2.38. The number of carbonyl (C=O) groups excluding carboxylic acids is 1. The third kappa shape index (κ3) is 1.49. The van der Waals surface area contributed by atoms with Crippen LogP contribution in [0.5, 0.6) is 0 Å². The molecule has 0 unspecified atom stereocenters. The molecule has 2 aromatic rings. The maximum Gasteiger partial charge on any atom is 0.248 e. The Labute approximate surface area is 105 Å². The summed E-state index contributed by atoms with van der Waals surface area (Å²) in [4.78, 5) is 15.7. The molecule has 1 amide bonds. The minimum Gasteiger partial charge on any atom is -0.366 e. The number of aromatic nitrogens is 1. The van der Waals surface area contributed by atoms with Crippen LogP contribution in [-0.4, -0.2) is 10.9 Å². The molecule has 4 nitrogen and oxygen atoms in total. The number of benzene rings is 1. The Kier molecular flexibility index (Phi) is 2.19. The van der Waals surface area contributed by atoms with Gasteiger partial charge >= 0.3 is 0 Å². The molecule has 0 spiro atoms. The van der Waals surface area contributed by atoms with E-state index in [1.807, 2.05) is 26.1 Å². The van der Waals surface area contributed by atoms with Crippen molar-refractivity contribution in [2.24, 2.45) is 5.73 Å². The number of ether oxygens (including phenoxy) is 1. The average molecular weight is 242 g/mol. The van der Waals surface area contributed by atoms with Crippen molar-refractivity contribution >= 4 is 16.8 Å². The molecule has 2 heterocycles. The molecule has 0 aliphatic carbocycles. The molecular weight excluding hydrogens is 228 g/mol. The number of nitrogens with zero attached hydrogens (tertiary/aromatic N) is 1. The molecule has 2 N–H and O–H groups in total. The summed E-state index contributed by atoms with van der Waals surface area (Å²) in [6, 6.07) is 5.32. The first kappa shape index (κ1) is 11.2. The number of hydrogen-bond donors (Lipinski definition) is 1. The smallest absolute Gasteiger partial charge is 0.248 e. The molecule has 4 heteroatoms. The summed E-state index contributed by atoms with van der Waals surface area (Å²) in [5.74, 6) is -0.423. The van der Waals surface area contributed by atoms with Crippen LogP contribution in [0.3, 0.4) is 0 Å². The van der Waals surface area contributed by atoms with Crippen molar-refractivity contribution in [1.29, 1.82) is 0 Å². The van der Waals surface area contributed by atoms with Crippen LogP contribution in [-0.2, 0) is 16.9 Å². The van der Waals surface area contributed by atoms with Crippen LogP contribution in [0.25, 0.3) is 10.9 Å². The molecule has 18 heavy (non-hydrogen) atoms. The third-order valence-corrected chi connectivity index (χ3v) is 3.49. The van der Waals surface area contributed by atoms with Crippen molar-refractivity contribution < 1.29 is 9.53 Å². The maximum atomic E-state index is 11.2. The molecular formula is C14H14N2O2. The molecule has 0 saturated carbocycles. The molecule has 0 radical (unpaired) electrons. The van der Waals surface area contributed by atoms with Crippen molar-refractivity contribution in [2.45, 2.75) is 26.1 Å². The zero-order chi connectivity index (χ0) is 12.9. The minimum atomic E-state index is -0.423. The largest absolute Gasteiger partial charge is 0.366 e. The molecule has 0 atom stereocenters. The van der Waals surface area contributed by atoms with E-state index < -0.39 is 5.91 Å². The Morgan fingerprint density at radius 3 is 2.94 bits per heavy atom. The number of fused-ring (bicyclic) bond motifs is 3. The van der Waals surface area contributed by atoms with E-state index in [1.165, 1.54) is 0 Å². The van der Waals surface area contributed by atoms with E-state index in [9.17, 15) is 4.79 Å². The van der Waals surface area contributed by atoms with Crippen LogP contribution in [0.4, 0.5) is 0 Å². The SMILES string of the molecule is CC1(C)OCc2c1cnc1ccc(C(N)=O)cc21. The predicted octanol–water partition coefficient (Wildman–Crippen LogP) is 2.10. The summed E-state index contributed by atoms with van der Waals surface area (Å²) < 4.78 is 5.76. The van der Waals surface area contributed by atoms with Crippen molar-refractivity contribution in [1.82, 2.24) is 4.98 Å². The molecule has 1 aliphatic rings. The van der Waals surface area contributed by atoms with Gasteiger partial charge in [-0.1, -0.05) is 0 Å². The third-order valence-electron chi connectivity index (χ3n) is 3.49. The van der Waals surface area contributed by atoms with Gasteiger partial charge in [0.2, 0.25) is 5.91 Å². The highest BCUT2D eigenvalue weighted by molar-refractivity contribution is 5.97. The second-order valence-corrected chi connectivity index (χ2v) is 5.05. The van der Waals surface area contributed by atoms with Gasteiger partial charge in [-0.3, -0.25) is 9.78 Å². The van der Waals surface area contributed by atoms with Gasteiger partial charge in [-0.2, -0.15) is 0 Å². The van der Waals surface area contributed by atoms with E-state index >= 15 is 0 Å². The lowest BCUT2D eigenvalue weighted by atomic mass is 9.95. The van der Waals surface area contributed by atoms with Crippen LogP contribution >= 0.6 is 0 Å². The van der Waals surface area contributed by atoms with Crippen LogP contribution in [0.2, 0.25) is 0 Å². The number of hydrogen-bond acceptors (Lipinski definition) is 3. The van der Waals surface area contributed by atoms with Crippen LogP contribution in [0, 0.1) is 0 Å². The Hall–Kier alpha value is -1.94. The number of amides is 1. The van der Waals surface area contributed by atoms with Gasteiger partial charge in [0.25, 0.3) is 0 Å². The number of pyridine rings is 1. The lowest BCUT2D eigenvalue weighted by Crippen LogP contribution is -2.14. The summed E-state index contributed by atoms with van der Waals surface area (Å²) in [7, 11) is 0. The van der Waals surface area contributed by atoms with E-state index in [4.69, 9.17) is 10.5 Å². The van der Waals surface area contributed by atoms with Gasteiger partial charge in [-0.25, -0.2) is 0 Å². The number of carbonyl (C=O) groups is 1. The van der Waals surface area contributed by atoms with Gasteiger partial charge in [0.1, 0.15) is 0 Å². The standard InChI is InChI=1S/C14H14N2O2/c1-14(2)11-6-16-12-4-3-8(13(15)17)5-9(12)10(11)7-18-14/h3-6H,7H2,1-2H3,(H2,15,17). The molecule has 3 rings (SSSR count). The minimum absolute atomic E-state index is 0.320. The first-order valence-corrected chi connectivity index (χ1v) is 5.85. The quantitative estimate of drug-likeness (QED) is 0.832. The molecule has 92 valence electrons. The van der Waals surface area contributed by atoms with Crippen molar-refractivity contribution in [3.63, 3.8) is 0 Å². The zero-order valence-corrected chi connectivity index (χ0v) is 10.4. The molecule has 0 fully saturated rings.